The zero-order chi connectivity index (χ0) is 28.4. The highest BCUT2D eigenvalue weighted by molar-refractivity contribution is 5.87. The number of ether oxygens (including phenoxy) is 1. The van der Waals surface area contributed by atoms with Crippen LogP contribution in [0, 0.1) is 5.82 Å². The number of hydrogen-bond donors (Lipinski definition) is 2. The fraction of sp³-hybridized carbons (Fsp3) is 0.375. The van der Waals surface area contributed by atoms with Crippen LogP contribution in [0.1, 0.15) is 72.6 Å². The van der Waals surface area contributed by atoms with E-state index in [2.05, 4.69) is 37.8 Å². The average molecular weight is 536 g/mol. The summed E-state index contributed by atoms with van der Waals surface area (Å²) < 4.78 is 20.2. The van der Waals surface area contributed by atoms with E-state index in [0.29, 0.717) is 45.5 Å². The van der Waals surface area contributed by atoms with E-state index in [-0.39, 0.29) is 23.2 Å². The Morgan fingerprint density at radius 2 is 1.56 bits per heavy atom. The molecule has 0 spiro atoms. The van der Waals surface area contributed by atoms with Gasteiger partial charge < -0.3 is 14.9 Å². The Morgan fingerprint density at radius 1 is 0.872 bits per heavy atom. The standard InChI is InChI=1S/C32H38FNO5/c1-32(2,3)27-12-15-29(16-13-27)39-22-26-11-14-28(33)20-25(26)17-19-34(18-5-4-6-30(35)36)21-23-7-9-24(10-8-23)31(37)38/h7-16,20H,4-6,17-19,21-22H2,1-3H3,(H,35,36)(H,37,38). The number of carboxylic acid groups (broad SMARTS) is 2. The van der Waals surface area contributed by atoms with Crippen molar-refractivity contribution in [3.63, 3.8) is 0 Å². The minimum atomic E-state index is -0.974. The van der Waals surface area contributed by atoms with Gasteiger partial charge in [-0.15, -0.1) is 0 Å². The molecular formula is C32H38FNO5. The van der Waals surface area contributed by atoms with E-state index in [1.807, 2.05) is 12.1 Å². The Kier molecular flexibility index (Phi) is 10.6. The van der Waals surface area contributed by atoms with Crippen molar-refractivity contribution < 1.29 is 28.9 Å². The van der Waals surface area contributed by atoms with Crippen LogP contribution >= 0.6 is 0 Å². The van der Waals surface area contributed by atoms with E-state index in [1.165, 1.54) is 11.6 Å². The summed E-state index contributed by atoms with van der Waals surface area (Å²) in [7, 11) is 0. The Bertz CT molecular complexity index is 1230. The minimum Gasteiger partial charge on any atom is -0.489 e. The first-order valence-electron chi connectivity index (χ1n) is 13.3. The molecule has 0 aromatic heterocycles. The van der Waals surface area contributed by atoms with E-state index in [9.17, 15) is 14.0 Å². The first kappa shape index (κ1) is 29.8. The van der Waals surface area contributed by atoms with Gasteiger partial charge in [-0.1, -0.05) is 51.1 Å². The van der Waals surface area contributed by atoms with Gasteiger partial charge in [0.15, 0.2) is 0 Å². The van der Waals surface area contributed by atoms with Crippen LogP contribution in [0.25, 0.3) is 0 Å². The van der Waals surface area contributed by atoms with E-state index >= 15 is 0 Å². The molecule has 0 fully saturated rings. The lowest BCUT2D eigenvalue weighted by Gasteiger charge is -2.23. The molecule has 2 N–H and O–H groups in total. The molecule has 0 atom stereocenters. The van der Waals surface area contributed by atoms with Crippen LogP contribution in [0.4, 0.5) is 4.39 Å². The Labute approximate surface area is 230 Å². The second-order valence-corrected chi connectivity index (χ2v) is 10.9. The third kappa shape index (κ3) is 9.84. The number of halogens is 1. The van der Waals surface area contributed by atoms with Crippen LogP contribution in [0.15, 0.2) is 66.7 Å². The molecule has 0 amide bonds. The number of benzene rings is 3. The van der Waals surface area contributed by atoms with Gasteiger partial charge in [0.1, 0.15) is 18.2 Å². The largest absolute Gasteiger partial charge is 0.489 e. The molecule has 3 aromatic carbocycles. The van der Waals surface area contributed by atoms with Gasteiger partial charge in [-0.2, -0.15) is 0 Å². The van der Waals surface area contributed by atoms with Crippen molar-refractivity contribution in [2.75, 3.05) is 13.1 Å². The highest BCUT2D eigenvalue weighted by Crippen LogP contribution is 2.25. The second-order valence-electron chi connectivity index (χ2n) is 10.9. The number of hydrogen-bond acceptors (Lipinski definition) is 4. The van der Waals surface area contributed by atoms with E-state index in [4.69, 9.17) is 14.9 Å². The maximum Gasteiger partial charge on any atom is 0.335 e. The lowest BCUT2D eigenvalue weighted by atomic mass is 9.87. The third-order valence-corrected chi connectivity index (χ3v) is 6.70. The maximum atomic E-state index is 14.2. The normalized spacial score (nSPS) is 11.5. The minimum absolute atomic E-state index is 0.0560. The number of aromatic carboxylic acids is 1. The fourth-order valence-electron chi connectivity index (χ4n) is 4.35. The molecule has 0 aliphatic heterocycles. The van der Waals surface area contributed by atoms with Crippen molar-refractivity contribution in [1.82, 2.24) is 4.90 Å². The summed E-state index contributed by atoms with van der Waals surface area (Å²) in [6.07, 6.45) is 1.98. The number of carbonyl (C=O) groups is 2. The van der Waals surface area contributed by atoms with Crippen molar-refractivity contribution in [3.8, 4) is 5.75 Å². The van der Waals surface area contributed by atoms with Gasteiger partial charge in [0.2, 0.25) is 0 Å². The SMILES string of the molecule is CC(C)(C)c1ccc(OCc2ccc(F)cc2CCN(CCCCC(=O)O)Cc2ccc(C(=O)O)cc2)cc1. The second kappa shape index (κ2) is 13.9. The molecule has 3 aromatic rings. The molecule has 0 radical (unpaired) electrons. The van der Waals surface area contributed by atoms with Crippen LogP contribution in [0.2, 0.25) is 0 Å². The zero-order valence-corrected chi connectivity index (χ0v) is 23.0. The number of unbranched alkanes of at least 4 members (excludes halogenated alkanes) is 1. The Hall–Kier alpha value is -3.71. The molecule has 0 aliphatic rings. The lowest BCUT2D eigenvalue weighted by Crippen LogP contribution is -2.27. The Morgan fingerprint density at radius 3 is 2.18 bits per heavy atom. The Balaban J connectivity index is 1.67. The highest BCUT2D eigenvalue weighted by Gasteiger charge is 2.14. The zero-order valence-electron chi connectivity index (χ0n) is 23.0. The van der Waals surface area contributed by atoms with Crippen LogP contribution in [-0.4, -0.2) is 40.1 Å². The highest BCUT2D eigenvalue weighted by atomic mass is 19.1. The van der Waals surface area contributed by atoms with Crippen LogP contribution in [0.3, 0.4) is 0 Å². The smallest absolute Gasteiger partial charge is 0.335 e. The van der Waals surface area contributed by atoms with Gasteiger partial charge in [0.05, 0.1) is 5.56 Å². The summed E-state index contributed by atoms with van der Waals surface area (Å²) in [5, 5.41) is 18.1. The lowest BCUT2D eigenvalue weighted by molar-refractivity contribution is -0.137. The van der Waals surface area contributed by atoms with E-state index in [0.717, 1.165) is 22.4 Å². The van der Waals surface area contributed by atoms with Crippen molar-refractivity contribution in [2.45, 2.75) is 65.0 Å². The molecule has 0 unspecified atom stereocenters. The van der Waals surface area contributed by atoms with Gasteiger partial charge in [-0.05, 0) is 89.9 Å². The van der Waals surface area contributed by atoms with Crippen LogP contribution < -0.4 is 4.74 Å². The van der Waals surface area contributed by atoms with Gasteiger partial charge in [0, 0.05) is 19.5 Å². The first-order chi connectivity index (χ1) is 18.5. The molecule has 208 valence electrons. The predicted octanol–water partition coefficient (Wildman–Crippen LogP) is 6.70. The summed E-state index contributed by atoms with van der Waals surface area (Å²) >= 11 is 0. The van der Waals surface area contributed by atoms with Gasteiger partial charge in [-0.3, -0.25) is 9.69 Å². The monoisotopic (exact) mass is 535 g/mol. The molecular weight excluding hydrogens is 497 g/mol. The molecule has 0 saturated carbocycles. The molecule has 3 rings (SSSR count). The fourth-order valence-corrected chi connectivity index (χ4v) is 4.35. The molecule has 0 aliphatic carbocycles. The molecule has 0 bridgehead atoms. The summed E-state index contributed by atoms with van der Waals surface area (Å²) in [6, 6.07) is 19.5. The van der Waals surface area contributed by atoms with Gasteiger partial charge in [0.25, 0.3) is 0 Å². The number of rotatable bonds is 14. The summed E-state index contributed by atoms with van der Waals surface area (Å²) in [4.78, 5) is 24.3. The maximum absolute atomic E-state index is 14.2. The molecule has 39 heavy (non-hydrogen) atoms. The summed E-state index contributed by atoms with van der Waals surface area (Å²) in [5.74, 6) is -1.34. The average Bonchev–Trinajstić information content (AvgIpc) is 2.89. The third-order valence-electron chi connectivity index (χ3n) is 6.70. The van der Waals surface area contributed by atoms with Crippen molar-refractivity contribution in [2.24, 2.45) is 0 Å². The molecule has 6 nitrogen and oxygen atoms in total. The van der Waals surface area contributed by atoms with Crippen molar-refractivity contribution in [3.05, 3.63) is 100 Å². The molecule has 7 heteroatoms. The van der Waals surface area contributed by atoms with Crippen LogP contribution in [-0.2, 0) is 29.8 Å². The topological polar surface area (TPSA) is 87.1 Å². The molecule has 0 heterocycles. The number of nitrogens with zero attached hydrogens (tertiary/aromatic N) is 1. The summed E-state index contributed by atoms with van der Waals surface area (Å²) in [5.41, 5.74) is 4.23. The van der Waals surface area contributed by atoms with Crippen molar-refractivity contribution in [1.29, 1.82) is 0 Å². The van der Waals surface area contributed by atoms with E-state index < -0.39 is 11.9 Å². The van der Waals surface area contributed by atoms with Crippen LogP contribution in [0.5, 0.6) is 5.75 Å². The van der Waals surface area contributed by atoms with Gasteiger partial charge in [-0.25, -0.2) is 9.18 Å². The first-order valence-corrected chi connectivity index (χ1v) is 13.3. The quantitative estimate of drug-likeness (QED) is 0.223. The van der Waals surface area contributed by atoms with E-state index in [1.54, 1.807) is 36.4 Å². The summed E-state index contributed by atoms with van der Waals surface area (Å²) in [6.45, 7) is 8.68. The number of carboxylic acids is 2. The number of aliphatic carboxylic acids is 1. The van der Waals surface area contributed by atoms with Crippen molar-refractivity contribution >= 4 is 11.9 Å². The van der Waals surface area contributed by atoms with Gasteiger partial charge >= 0.3 is 11.9 Å². The molecule has 0 saturated heterocycles. The predicted molar refractivity (Wildman–Crippen MR) is 150 cm³/mol.